The van der Waals surface area contributed by atoms with Crippen molar-refractivity contribution in [3.8, 4) is 0 Å². The first-order valence-electron chi connectivity index (χ1n) is 8.15. The third kappa shape index (κ3) is 5.03. The van der Waals surface area contributed by atoms with E-state index < -0.39 is 5.91 Å². The van der Waals surface area contributed by atoms with Crippen LogP contribution in [0.25, 0.3) is 10.1 Å². The second kappa shape index (κ2) is 8.94. The van der Waals surface area contributed by atoms with Crippen LogP contribution in [-0.4, -0.2) is 16.9 Å². The normalized spacial score (nSPS) is 10.4. The van der Waals surface area contributed by atoms with Gasteiger partial charge >= 0.3 is 0 Å². The first-order chi connectivity index (χ1) is 13.0. The summed E-state index contributed by atoms with van der Waals surface area (Å²) in [5, 5.41) is 3.73. The van der Waals surface area contributed by atoms with Gasteiger partial charge in [0.15, 0.2) is 5.11 Å². The number of thiophene rings is 1. The third-order valence-corrected chi connectivity index (χ3v) is 5.65. The molecule has 3 aromatic rings. The van der Waals surface area contributed by atoms with E-state index in [4.69, 9.17) is 23.8 Å². The molecule has 0 saturated carbocycles. The predicted octanol–water partition coefficient (Wildman–Crippen LogP) is 3.82. The molecule has 0 radical (unpaired) electrons. The molecule has 0 unspecified atom stereocenters. The molecule has 0 fully saturated rings. The summed E-state index contributed by atoms with van der Waals surface area (Å²) in [5.74, 6) is -0.646. The van der Waals surface area contributed by atoms with E-state index >= 15 is 0 Å². The molecule has 8 heteroatoms. The van der Waals surface area contributed by atoms with E-state index in [-0.39, 0.29) is 11.0 Å². The van der Waals surface area contributed by atoms with Gasteiger partial charge in [0.05, 0.1) is 5.02 Å². The molecular formula is C19H16ClN3O2S2. The smallest absolute Gasteiger partial charge is 0.269 e. The van der Waals surface area contributed by atoms with Crippen LogP contribution in [0.5, 0.6) is 0 Å². The SMILES string of the molecule is O=C(CCc1ccccc1)NNC(=S)NC(=O)c1sc2ccccc2c1Cl. The summed E-state index contributed by atoms with van der Waals surface area (Å²) >= 11 is 12.6. The highest BCUT2D eigenvalue weighted by atomic mass is 35.5. The Morgan fingerprint density at radius 1 is 1.00 bits per heavy atom. The summed E-state index contributed by atoms with van der Waals surface area (Å²) in [6.07, 6.45) is 0.917. The van der Waals surface area contributed by atoms with Crippen LogP contribution in [0.2, 0.25) is 5.02 Å². The molecular weight excluding hydrogens is 402 g/mol. The molecule has 2 aromatic carbocycles. The molecule has 138 valence electrons. The maximum absolute atomic E-state index is 12.4. The summed E-state index contributed by atoms with van der Waals surface area (Å²) in [6, 6.07) is 17.2. The second-order valence-electron chi connectivity index (χ2n) is 5.68. The number of hydrogen-bond acceptors (Lipinski definition) is 4. The van der Waals surface area contributed by atoms with Crippen LogP contribution in [0.3, 0.4) is 0 Å². The topological polar surface area (TPSA) is 70.2 Å². The Morgan fingerprint density at radius 2 is 1.70 bits per heavy atom. The highest BCUT2D eigenvalue weighted by molar-refractivity contribution is 7.80. The van der Waals surface area contributed by atoms with Crippen molar-refractivity contribution in [2.24, 2.45) is 0 Å². The Hall–Kier alpha value is -2.48. The van der Waals surface area contributed by atoms with Crippen molar-refractivity contribution in [2.75, 3.05) is 0 Å². The minimum absolute atomic E-state index is 0.00147. The predicted molar refractivity (Wildman–Crippen MR) is 113 cm³/mol. The number of aryl methyl sites for hydroxylation is 1. The quantitative estimate of drug-likeness (QED) is 0.445. The van der Waals surface area contributed by atoms with Crippen molar-refractivity contribution < 1.29 is 9.59 Å². The van der Waals surface area contributed by atoms with E-state index in [2.05, 4.69) is 16.2 Å². The summed E-state index contributed by atoms with van der Waals surface area (Å²) in [5.41, 5.74) is 6.08. The number of hydrogen-bond donors (Lipinski definition) is 3. The van der Waals surface area contributed by atoms with Gasteiger partial charge in [0, 0.05) is 16.5 Å². The fourth-order valence-corrected chi connectivity index (χ4v) is 4.00. The lowest BCUT2D eigenvalue weighted by Gasteiger charge is -2.10. The summed E-state index contributed by atoms with van der Waals surface area (Å²) in [7, 11) is 0. The first-order valence-corrected chi connectivity index (χ1v) is 9.76. The van der Waals surface area contributed by atoms with Crippen LogP contribution in [0.1, 0.15) is 21.7 Å². The maximum atomic E-state index is 12.4. The van der Waals surface area contributed by atoms with Crippen molar-refractivity contribution in [1.82, 2.24) is 16.2 Å². The van der Waals surface area contributed by atoms with Gasteiger partial charge in [0.2, 0.25) is 5.91 Å². The van der Waals surface area contributed by atoms with Gasteiger partial charge in [-0.05, 0) is 30.3 Å². The molecule has 1 heterocycles. The van der Waals surface area contributed by atoms with Gasteiger partial charge in [-0.25, -0.2) is 0 Å². The number of halogens is 1. The summed E-state index contributed by atoms with van der Waals surface area (Å²) in [4.78, 5) is 24.6. The zero-order valence-corrected chi connectivity index (χ0v) is 16.5. The van der Waals surface area contributed by atoms with Gasteiger partial charge in [0.25, 0.3) is 5.91 Å². The molecule has 0 saturated heterocycles. The van der Waals surface area contributed by atoms with Crippen LogP contribution in [0, 0.1) is 0 Å². The largest absolute Gasteiger partial charge is 0.297 e. The Balaban J connectivity index is 1.49. The van der Waals surface area contributed by atoms with Crippen molar-refractivity contribution in [3.63, 3.8) is 0 Å². The highest BCUT2D eigenvalue weighted by Crippen LogP contribution is 2.34. The number of carbonyl (C=O) groups excluding carboxylic acids is 2. The van der Waals surface area contributed by atoms with Crippen molar-refractivity contribution in [2.45, 2.75) is 12.8 Å². The van der Waals surface area contributed by atoms with Gasteiger partial charge in [-0.1, -0.05) is 60.1 Å². The molecule has 27 heavy (non-hydrogen) atoms. The number of carbonyl (C=O) groups is 2. The maximum Gasteiger partial charge on any atom is 0.269 e. The molecule has 3 N–H and O–H groups in total. The van der Waals surface area contributed by atoms with Crippen molar-refractivity contribution in [1.29, 1.82) is 0 Å². The first kappa shape index (κ1) is 19.3. The average Bonchev–Trinajstić information content (AvgIpc) is 3.03. The molecule has 0 atom stereocenters. The van der Waals surface area contributed by atoms with E-state index in [1.807, 2.05) is 54.6 Å². The number of fused-ring (bicyclic) bond motifs is 1. The molecule has 0 aliphatic carbocycles. The molecule has 0 bridgehead atoms. The summed E-state index contributed by atoms with van der Waals surface area (Å²) in [6.45, 7) is 0. The van der Waals surface area contributed by atoms with Crippen LogP contribution in [0.4, 0.5) is 0 Å². The van der Waals surface area contributed by atoms with E-state index in [0.29, 0.717) is 22.7 Å². The Morgan fingerprint density at radius 3 is 2.44 bits per heavy atom. The Bertz CT molecular complexity index is 989. The second-order valence-corrected chi connectivity index (χ2v) is 7.52. The van der Waals surface area contributed by atoms with Crippen LogP contribution < -0.4 is 16.2 Å². The molecule has 5 nitrogen and oxygen atoms in total. The number of amides is 2. The van der Waals surface area contributed by atoms with Gasteiger partial charge < -0.3 is 0 Å². The minimum Gasteiger partial charge on any atom is -0.297 e. The Kier molecular flexibility index (Phi) is 6.39. The standard InChI is InChI=1S/C19H16ClN3O2S2/c20-16-13-8-4-5-9-14(13)27-17(16)18(25)21-19(26)23-22-15(24)11-10-12-6-2-1-3-7-12/h1-9H,10-11H2,(H,22,24)(H2,21,23,25,26). The zero-order chi connectivity index (χ0) is 19.2. The van der Waals surface area contributed by atoms with E-state index in [0.717, 1.165) is 15.6 Å². The molecule has 2 amide bonds. The van der Waals surface area contributed by atoms with Gasteiger partial charge in [-0.2, -0.15) is 0 Å². The fourth-order valence-electron chi connectivity index (χ4n) is 2.44. The number of benzene rings is 2. The van der Waals surface area contributed by atoms with Gasteiger partial charge in [-0.3, -0.25) is 25.8 Å². The van der Waals surface area contributed by atoms with Crippen LogP contribution in [0.15, 0.2) is 54.6 Å². The lowest BCUT2D eigenvalue weighted by atomic mass is 10.1. The summed E-state index contributed by atoms with van der Waals surface area (Å²) < 4.78 is 0.917. The molecule has 1 aromatic heterocycles. The highest BCUT2D eigenvalue weighted by Gasteiger charge is 2.17. The molecule has 0 spiro atoms. The van der Waals surface area contributed by atoms with Crippen LogP contribution >= 0.6 is 35.2 Å². The monoisotopic (exact) mass is 417 g/mol. The third-order valence-electron chi connectivity index (χ3n) is 3.77. The lowest BCUT2D eigenvalue weighted by molar-refractivity contribution is -0.121. The molecule has 0 aliphatic rings. The Labute approximate surface area is 170 Å². The van der Waals surface area contributed by atoms with E-state index in [1.165, 1.54) is 11.3 Å². The number of rotatable bonds is 4. The van der Waals surface area contributed by atoms with Gasteiger partial charge in [-0.15, -0.1) is 11.3 Å². The van der Waals surface area contributed by atoms with E-state index in [9.17, 15) is 9.59 Å². The zero-order valence-electron chi connectivity index (χ0n) is 14.1. The van der Waals surface area contributed by atoms with Crippen molar-refractivity contribution in [3.05, 3.63) is 70.1 Å². The number of thiocarbonyl (C=S) groups is 1. The fraction of sp³-hybridized carbons (Fsp3) is 0.105. The number of nitrogens with one attached hydrogen (secondary N) is 3. The van der Waals surface area contributed by atoms with Crippen molar-refractivity contribution >= 4 is 62.2 Å². The number of hydrazine groups is 1. The minimum atomic E-state index is -0.419. The molecule has 3 rings (SSSR count). The average molecular weight is 418 g/mol. The van der Waals surface area contributed by atoms with E-state index in [1.54, 1.807) is 0 Å². The van der Waals surface area contributed by atoms with Gasteiger partial charge in [0.1, 0.15) is 4.88 Å². The van der Waals surface area contributed by atoms with Crippen LogP contribution in [-0.2, 0) is 11.2 Å². The molecule has 0 aliphatic heterocycles. The lowest BCUT2D eigenvalue weighted by Crippen LogP contribution is -2.48.